The third-order valence-corrected chi connectivity index (χ3v) is 1.61. The Kier molecular flexibility index (Phi) is 4.21. The molecule has 0 aromatic carbocycles. The molecule has 0 unspecified atom stereocenters. The summed E-state index contributed by atoms with van der Waals surface area (Å²) in [6, 6.07) is 3.67. The van der Waals surface area contributed by atoms with Crippen molar-refractivity contribution in [2.45, 2.75) is 6.61 Å². The molecule has 0 atom stereocenters. The van der Waals surface area contributed by atoms with E-state index in [1.807, 2.05) is 12.1 Å². The van der Waals surface area contributed by atoms with Crippen molar-refractivity contribution in [3.8, 4) is 0 Å². The second-order valence-electron chi connectivity index (χ2n) is 2.61. The number of aliphatic hydroxyl groups is 1. The number of aromatic nitrogens is 1. The normalized spacial score (nSPS) is 10.0. The van der Waals surface area contributed by atoms with Crippen molar-refractivity contribution in [2.75, 3.05) is 25.6 Å². The molecule has 0 saturated heterocycles. The number of rotatable bonds is 5. The summed E-state index contributed by atoms with van der Waals surface area (Å²) in [7, 11) is 1.66. The summed E-state index contributed by atoms with van der Waals surface area (Å²) in [6.45, 7) is 1.39. The number of pyridine rings is 1. The average Bonchev–Trinajstić information content (AvgIpc) is 2.19. The van der Waals surface area contributed by atoms with Gasteiger partial charge in [-0.05, 0) is 12.1 Å². The zero-order chi connectivity index (χ0) is 9.52. The largest absolute Gasteiger partial charge is 0.390 e. The molecule has 0 spiro atoms. The lowest BCUT2D eigenvalue weighted by molar-refractivity contribution is 0.211. The predicted octanol–water partition coefficient (Wildman–Crippen LogP) is 0.632. The second-order valence-corrected chi connectivity index (χ2v) is 2.61. The van der Waals surface area contributed by atoms with Crippen molar-refractivity contribution in [1.82, 2.24) is 4.98 Å². The Morgan fingerprint density at radius 2 is 2.46 bits per heavy atom. The summed E-state index contributed by atoms with van der Waals surface area (Å²) in [6.07, 6.45) is 1.67. The van der Waals surface area contributed by atoms with Gasteiger partial charge in [-0.2, -0.15) is 0 Å². The molecule has 0 radical (unpaired) electrons. The van der Waals surface area contributed by atoms with Gasteiger partial charge in [0, 0.05) is 25.5 Å². The minimum Gasteiger partial charge on any atom is -0.390 e. The highest BCUT2D eigenvalue weighted by Gasteiger charge is 1.94. The van der Waals surface area contributed by atoms with Gasteiger partial charge in [0.25, 0.3) is 0 Å². The molecule has 1 rings (SSSR count). The van der Waals surface area contributed by atoms with Crippen LogP contribution in [0.2, 0.25) is 0 Å². The van der Waals surface area contributed by atoms with E-state index in [0.29, 0.717) is 12.3 Å². The monoisotopic (exact) mass is 182 g/mol. The molecule has 72 valence electrons. The zero-order valence-corrected chi connectivity index (χ0v) is 7.66. The van der Waals surface area contributed by atoms with Gasteiger partial charge < -0.3 is 15.2 Å². The van der Waals surface area contributed by atoms with Crippen LogP contribution in [0.1, 0.15) is 5.69 Å². The van der Waals surface area contributed by atoms with E-state index in [9.17, 15) is 0 Å². The average molecular weight is 182 g/mol. The van der Waals surface area contributed by atoms with Crippen LogP contribution in [0, 0.1) is 0 Å². The number of nitrogens with zero attached hydrogens (tertiary/aromatic N) is 1. The molecule has 1 aromatic heterocycles. The summed E-state index contributed by atoms with van der Waals surface area (Å²) >= 11 is 0. The molecule has 4 nitrogen and oxygen atoms in total. The van der Waals surface area contributed by atoms with E-state index >= 15 is 0 Å². The van der Waals surface area contributed by atoms with Crippen LogP contribution in [-0.4, -0.2) is 30.4 Å². The first-order chi connectivity index (χ1) is 6.36. The number of anilines is 1. The Balaban J connectivity index is 2.46. The van der Waals surface area contributed by atoms with Gasteiger partial charge >= 0.3 is 0 Å². The maximum Gasteiger partial charge on any atom is 0.0853 e. The summed E-state index contributed by atoms with van der Waals surface area (Å²) in [4.78, 5) is 3.96. The van der Waals surface area contributed by atoms with Crippen molar-refractivity contribution < 1.29 is 9.84 Å². The lowest BCUT2D eigenvalue weighted by atomic mass is 10.3. The fourth-order valence-corrected chi connectivity index (χ4v) is 0.972. The third-order valence-electron chi connectivity index (χ3n) is 1.61. The van der Waals surface area contributed by atoms with Crippen LogP contribution in [0.25, 0.3) is 0 Å². The number of aliphatic hydroxyl groups excluding tert-OH is 1. The van der Waals surface area contributed by atoms with Crippen molar-refractivity contribution >= 4 is 5.69 Å². The summed E-state index contributed by atoms with van der Waals surface area (Å²) in [5, 5.41) is 12.0. The lowest BCUT2D eigenvalue weighted by Gasteiger charge is -2.05. The minimum absolute atomic E-state index is 0.0280. The lowest BCUT2D eigenvalue weighted by Crippen LogP contribution is -2.07. The molecule has 0 amide bonds. The van der Waals surface area contributed by atoms with Crippen LogP contribution in [0.4, 0.5) is 5.69 Å². The SMILES string of the molecule is COCCNc1ccnc(CO)c1. The van der Waals surface area contributed by atoms with Crippen LogP contribution >= 0.6 is 0 Å². The molecule has 0 aliphatic heterocycles. The Hall–Kier alpha value is -1.13. The second kappa shape index (κ2) is 5.50. The molecule has 1 heterocycles. The highest BCUT2D eigenvalue weighted by Crippen LogP contribution is 2.06. The molecule has 2 N–H and O–H groups in total. The van der Waals surface area contributed by atoms with Crippen LogP contribution in [0.5, 0.6) is 0 Å². The summed E-state index contributed by atoms with van der Waals surface area (Å²) in [5.41, 5.74) is 1.62. The van der Waals surface area contributed by atoms with Crippen molar-refractivity contribution in [3.05, 3.63) is 24.0 Å². The molecule has 0 saturated carbocycles. The molecule has 4 heteroatoms. The topological polar surface area (TPSA) is 54.4 Å². The highest BCUT2D eigenvalue weighted by atomic mass is 16.5. The molecule has 13 heavy (non-hydrogen) atoms. The van der Waals surface area contributed by atoms with Crippen molar-refractivity contribution in [1.29, 1.82) is 0 Å². The molecule has 0 fully saturated rings. The van der Waals surface area contributed by atoms with Crippen LogP contribution < -0.4 is 5.32 Å². The van der Waals surface area contributed by atoms with Gasteiger partial charge in [0.15, 0.2) is 0 Å². The summed E-state index contributed by atoms with van der Waals surface area (Å²) in [5.74, 6) is 0. The van der Waals surface area contributed by atoms with Crippen LogP contribution in [0.3, 0.4) is 0 Å². The molecule has 0 aliphatic rings. The zero-order valence-electron chi connectivity index (χ0n) is 7.66. The fourth-order valence-electron chi connectivity index (χ4n) is 0.972. The van der Waals surface area contributed by atoms with E-state index < -0.39 is 0 Å². The standard InChI is InChI=1S/C9H14N2O2/c1-13-5-4-11-8-2-3-10-9(6-8)7-12/h2-3,6,12H,4-5,7H2,1H3,(H,10,11). The quantitative estimate of drug-likeness (QED) is 0.656. The molecular weight excluding hydrogens is 168 g/mol. The Morgan fingerprint density at radius 3 is 3.15 bits per heavy atom. The Bertz CT molecular complexity index is 253. The van der Waals surface area contributed by atoms with Gasteiger partial charge in [-0.15, -0.1) is 0 Å². The fraction of sp³-hybridized carbons (Fsp3) is 0.444. The Morgan fingerprint density at radius 1 is 1.62 bits per heavy atom. The van der Waals surface area contributed by atoms with Gasteiger partial charge in [-0.1, -0.05) is 0 Å². The Labute approximate surface area is 77.6 Å². The van der Waals surface area contributed by atoms with Gasteiger partial charge in [0.2, 0.25) is 0 Å². The maximum atomic E-state index is 8.82. The van der Waals surface area contributed by atoms with Gasteiger partial charge in [-0.25, -0.2) is 0 Å². The minimum atomic E-state index is -0.0280. The van der Waals surface area contributed by atoms with Crippen LogP contribution in [0.15, 0.2) is 18.3 Å². The molecular formula is C9H14N2O2. The first-order valence-electron chi connectivity index (χ1n) is 4.15. The summed E-state index contributed by atoms with van der Waals surface area (Å²) < 4.78 is 4.89. The maximum absolute atomic E-state index is 8.82. The highest BCUT2D eigenvalue weighted by molar-refractivity contribution is 5.42. The van der Waals surface area contributed by atoms with Gasteiger partial charge in [0.05, 0.1) is 18.9 Å². The number of ether oxygens (including phenoxy) is 1. The van der Waals surface area contributed by atoms with E-state index in [2.05, 4.69) is 10.3 Å². The molecule has 0 aliphatic carbocycles. The molecule has 0 bridgehead atoms. The third kappa shape index (κ3) is 3.40. The van der Waals surface area contributed by atoms with E-state index in [-0.39, 0.29) is 6.61 Å². The van der Waals surface area contributed by atoms with Gasteiger partial charge in [0.1, 0.15) is 0 Å². The number of nitrogens with one attached hydrogen (secondary N) is 1. The van der Waals surface area contributed by atoms with E-state index in [1.165, 1.54) is 0 Å². The smallest absolute Gasteiger partial charge is 0.0853 e. The first-order valence-corrected chi connectivity index (χ1v) is 4.15. The van der Waals surface area contributed by atoms with E-state index in [1.54, 1.807) is 13.3 Å². The number of hydrogen-bond acceptors (Lipinski definition) is 4. The van der Waals surface area contributed by atoms with E-state index in [4.69, 9.17) is 9.84 Å². The van der Waals surface area contributed by atoms with Gasteiger partial charge in [-0.3, -0.25) is 4.98 Å². The van der Waals surface area contributed by atoms with E-state index in [0.717, 1.165) is 12.2 Å². The first kappa shape index (κ1) is 9.95. The van der Waals surface area contributed by atoms with Crippen LogP contribution in [-0.2, 0) is 11.3 Å². The number of methoxy groups -OCH3 is 1. The van der Waals surface area contributed by atoms with Crippen molar-refractivity contribution in [3.63, 3.8) is 0 Å². The predicted molar refractivity (Wildman–Crippen MR) is 50.5 cm³/mol. The molecule has 1 aromatic rings. The number of hydrogen-bond donors (Lipinski definition) is 2. The van der Waals surface area contributed by atoms with Crippen molar-refractivity contribution in [2.24, 2.45) is 0 Å².